The molecule has 1 fully saturated rings. The summed E-state index contributed by atoms with van der Waals surface area (Å²) < 4.78 is 31.1. The number of rotatable bonds is 9. The van der Waals surface area contributed by atoms with Gasteiger partial charge in [-0.2, -0.15) is 0 Å². The highest BCUT2D eigenvalue weighted by Gasteiger charge is 2.40. The Balaban J connectivity index is 1.51. The number of cyclic esters (lactones) is 1. The van der Waals surface area contributed by atoms with Gasteiger partial charge in [0.15, 0.2) is 11.5 Å². The lowest BCUT2D eigenvalue weighted by molar-refractivity contribution is -0.136. The number of ether oxygens (including phenoxy) is 3. The van der Waals surface area contributed by atoms with E-state index >= 15 is 0 Å². The zero-order chi connectivity index (χ0) is 28.2. The predicted octanol–water partition coefficient (Wildman–Crippen LogP) is 7.00. The second kappa shape index (κ2) is 11.5. The molecule has 40 heavy (non-hydrogen) atoms. The summed E-state index contributed by atoms with van der Waals surface area (Å²) >= 11 is 0. The fourth-order valence-corrected chi connectivity index (χ4v) is 4.81. The Bertz CT molecular complexity index is 1520. The first kappa shape index (κ1) is 26.7. The molecule has 8 heteroatoms. The Morgan fingerprint density at radius 3 is 2.33 bits per heavy atom. The molecular formula is C32H28FNO6. The highest BCUT2D eigenvalue weighted by molar-refractivity contribution is 5.72. The molecular weight excluding hydrogens is 513 g/mol. The summed E-state index contributed by atoms with van der Waals surface area (Å²) in [5, 5.41) is 9.24. The van der Waals surface area contributed by atoms with Crippen molar-refractivity contribution in [2.75, 3.05) is 7.11 Å². The monoisotopic (exact) mass is 541 g/mol. The van der Waals surface area contributed by atoms with Crippen molar-refractivity contribution in [1.29, 1.82) is 0 Å². The van der Waals surface area contributed by atoms with Crippen LogP contribution in [0, 0.1) is 5.82 Å². The lowest BCUT2D eigenvalue weighted by Crippen LogP contribution is -2.31. The number of hydrogen-bond acceptors (Lipinski definition) is 5. The molecule has 1 aliphatic heterocycles. The Hall–Kier alpha value is -4.85. The molecule has 4 aromatic carbocycles. The van der Waals surface area contributed by atoms with Gasteiger partial charge in [0, 0.05) is 5.56 Å². The summed E-state index contributed by atoms with van der Waals surface area (Å²) in [6.07, 6.45) is -1.04. The molecule has 0 radical (unpaired) electrons. The summed E-state index contributed by atoms with van der Waals surface area (Å²) in [7, 11) is 1.50. The van der Waals surface area contributed by atoms with Crippen molar-refractivity contribution in [3.05, 3.63) is 114 Å². The van der Waals surface area contributed by atoms with Crippen LogP contribution in [0.15, 0.2) is 91.0 Å². The lowest BCUT2D eigenvalue weighted by atomic mass is 10.0. The summed E-state index contributed by atoms with van der Waals surface area (Å²) in [5.41, 5.74) is 3.76. The summed E-state index contributed by atoms with van der Waals surface area (Å²) in [5.74, 6) is -0.0651. The van der Waals surface area contributed by atoms with Crippen molar-refractivity contribution < 1.29 is 33.3 Å². The Kier molecular flexibility index (Phi) is 7.68. The summed E-state index contributed by atoms with van der Waals surface area (Å²) in [6.45, 7) is 2.12. The van der Waals surface area contributed by atoms with E-state index in [1.165, 1.54) is 19.2 Å². The van der Waals surface area contributed by atoms with Crippen LogP contribution in [0.3, 0.4) is 0 Å². The fourth-order valence-electron chi connectivity index (χ4n) is 4.81. The van der Waals surface area contributed by atoms with Crippen molar-refractivity contribution in [2.45, 2.75) is 32.0 Å². The first-order valence-electron chi connectivity index (χ1n) is 12.8. The molecule has 7 nitrogen and oxygen atoms in total. The van der Waals surface area contributed by atoms with Gasteiger partial charge in [-0.05, 0) is 65.6 Å². The van der Waals surface area contributed by atoms with Crippen LogP contribution in [-0.4, -0.2) is 35.2 Å². The van der Waals surface area contributed by atoms with Crippen LogP contribution >= 0.6 is 0 Å². The smallest absolute Gasteiger partial charge is 0.411 e. The maximum atomic E-state index is 13.6. The number of carbonyl (C=O) groups excluding carboxylic acids is 1. The van der Waals surface area contributed by atoms with Crippen molar-refractivity contribution >= 4 is 12.1 Å². The third-order valence-electron chi connectivity index (χ3n) is 6.90. The van der Waals surface area contributed by atoms with E-state index in [4.69, 9.17) is 14.2 Å². The number of benzene rings is 4. The third kappa shape index (κ3) is 5.76. The van der Waals surface area contributed by atoms with E-state index in [0.29, 0.717) is 28.4 Å². The SMILES string of the molecule is COc1ccc(CC(=O)O)cc1Oc1ccc(-c2ccc(F)cc2)cc1CN1C(=O)O[C@H](c2ccccc2)[C@@H]1C. The van der Waals surface area contributed by atoms with Gasteiger partial charge < -0.3 is 19.3 Å². The molecule has 4 aromatic rings. The van der Waals surface area contributed by atoms with E-state index in [1.807, 2.05) is 49.4 Å². The van der Waals surface area contributed by atoms with Crippen LogP contribution in [-0.2, 0) is 22.5 Å². The zero-order valence-corrected chi connectivity index (χ0v) is 22.0. The topological polar surface area (TPSA) is 85.3 Å². The fraction of sp³-hybridized carbons (Fsp3) is 0.188. The molecule has 1 aliphatic rings. The standard InChI is InChI=1S/C32H28FNO6/c1-20-31(23-6-4-3-5-7-23)40-32(37)34(20)19-25-18-24(22-9-12-26(33)13-10-22)11-15-27(25)39-29-16-21(17-30(35)36)8-14-28(29)38-2/h3-16,18,20,31H,17,19H2,1-2H3,(H,35,36)/t20-,31-/m0/s1. The molecule has 0 unspecified atom stereocenters. The Morgan fingerprint density at radius 2 is 1.62 bits per heavy atom. The molecule has 1 saturated heterocycles. The molecule has 0 spiro atoms. The van der Waals surface area contributed by atoms with E-state index in [1.54, 1.807) is 41.3 Å². The summed E-state index contributed by atoms with van der Waals surface area (Å²) in [6, 6.07) is 25.9. The number of carboxylic acid groups (broad SMARTS) is 1. The van der Waals surface area contributed by atoms with Crippen LogP contribution in [0.4, 0.5) is 9.18 Å². The minimum atomic E-state index is -0.963. The van der Waals surface area contributed by atoms with Crippen LogP contribution in [0.2, 0.25) is 0 Å². The van der Waals surface area contributed by atoms with Crippen LogP contribution in [0.1, 0.15) is 29.7 Å². The average molecular weight is 542 g/mol. The largest absolute Gasteiger partial charge is 0.493 e. The van der Waals surface area contributed by atoms with E-state index in [9.17, 15) is 19.1 Å². The molecule has 0 saturated carbocycles. The molecule has 5 rings (SSSR count). The van der Waals surface area contributed by atoms with Gasteiger partial charge in [0.2, 0.25) is 0 Å². The maximum absolute atomic E-state index is 13.6. The van der Waals surface area contributed by atoms with Gasteiger partial charge in [-0.25, -0.2) is 9.18 Å². The molecule has 1 amide bonds. The van der Waals surface area contributed by atoms with Crippen LogP contribution < -0.4 is 9.47 Å². The second-order valence-electron chi connectivity index (χ2n) is 9.57. The molecule has 0 aliphatic carbocycles. The first-order chi connectivity index (χ1) is 19.3. The van der Waals surface area contributed by atoms with Crippen molar-refractivity contribution in [3.8, 4) is 28.4 Å². The van der Waals surface area contributed by atoms with Gasteiger partial charge in [0.1, 0.15) is 17.7 Å². The number of carboxylic acids is 1. The maximum Gasteiger partial charge on any atom is 0.411 e. The van der Waals surface area contributed by atoms with Crippen molar-refractivity contribution in [2.24, 2.45) is 0 Å². The number of methoxy groups -OCH3 is 1. The van der Waals surface area contributed by atoms with Crippen molar-refractivity contribution in [1.82, 2.24) is 4.90 Å². The van der Waals surface area contributed by atoms with Crippen LogP contribution in [0.5, 0.6) is 17.2 Å². The minimum absolute atomic E-state index is 0.172. The van der Waals surface area contributed by atoms with Gasteiger partial charge in [-0.1, -0.05) is 54.6 Å². The van der Waals surface area contributed by atoms with Gasteiger partial charge in [-0.15, -0.1) is 0 Å². The van der Waals surface area contributed by atoms with Gasteiger partial charge in [-0.3, -0.25) is 9.69 Å². The number of halogens is 1. The van der Waals surface area contributed by atoms with Gasteiger partial charge in [0.05, 0.1) is 26.1 Å². The Morgan fingerprint density at radius 1 is 0.925 bits per heavy atom. The number of nitrogens with zero attached hydrogens (tertiary/aromatic N) is 1. The number of carbonyl (C=O) groups is 2. The van der Waals surface area contributed by atoms with Crippen molar-refractivity contribution in [3.63, 3.8) is 0 Å². The lowest BCUT2D eigenvalue weighted by Gasteiger charge is -2.23. The molecule has 204 valence electrons. The normalized spacial score (nSPS) is 16.5. The molecule has 0 aromatic heterocycles. The van der Waals surface area contributed by atoms with E-state index in [2.05, 4.69) is 0 Å². The van der Waals surface area contributed by atoms with Gasteiger partial charge >= 0.3 is 12.1 Å². The minimum Gasteiger partial charge on any atom is -0.493 e. The molecule has 1 heterocycles. The highest BCUT2D eigenvalue weighted by Crippen LogP contribution is 2.39. The quantitative estimate of drug-likeness (QED) is 0.246. The number of amides is 1. The molecule has 1 N–H and O–H groups in total. The molecule has 0 bridgehead atoms. The van der Waals surface area contributed by atoms with E-state index < -0.39 is 18.2 Å². The average Bonchev–Trinajstić information content (AvgIpc) is 3.23. The first-order valence-corrected chi connectivity index (χ1v) is 12.8. The zero-order valence-electron chi connectivity index (χ0n) is 22.0. The molecule has 2 atom stereocenters. The predicted molar refractivity (Wildman–Crippen MR) is 147 cm³/mol. The van der Waals surface area contributed by atoms with E-state index in [-0.39, 0.29) is 24.8 Å². The summed E-state index contributed by atoms with van der Waals surface area (Å²) in [4.78, 5) is 26.0. The Labute approximate surface area is 231 Å². The second-order valence-corrected chi connectivity index (χ2v) is 9.57. The number of aliphatic carboxylic acids is 1. The van der Waals surface area contributed by atoms with Crippen LogP contribution in [0.25, 0.3) is 11.1 Å². The third-order valence-corrected chi connectivity index (χ3v) is 6.90. The highest BCUT2D eigenvalue weighted by atomic mass is 19.1. The van der Waals surface area contributed by atoms with Gasteiger partial charge in [0.25, 0.3) is 0 Å². The van der Waals surface area contributed by atoms with E-state index in [0.717, 1.165) is 16.7 Å². The number of hydrogen-bond donors (Lipinski definition) is 1.